The highest BCUT2D eigenvalue weighted by Crippen LogP contribution is 2.32. The molecule has 1 aliphatic rings. The Hall–Kier alpha value is -3.08. The quantitative estimate of drug-likeness (QED) is 0.587. The highest BCUT2D eigenvalue weighted by atomic mass is 16.5. The van der Waals surface area contributed by atoms with Gasteiger partial charge in [0.1, 0.15) is 11.6 Å². The first-order chi connectivity index (χ1) is 14.6. The number of carbonyl (C=O) groups is 1. The number of aromatic nitrogens is 1. The fraction of sp³-hybridized carbons (Fsp3) is 0.360. The highest BCUT2D eigenvalue weighted by Gasteiger charge is 2.29. The summed E-state index contributed by atoms with van der Waals surface area (Å²) in [6.07, 6.45) is 5.11. The van der Waals surface area contributed by atoms with Gasteiger partial charge < -0.3 is 15.4 Å². The summed E-state index contributed by atoms with van der Waals surface area (Å²) in [6, 6.07) is 15.8. The minimum atomic E-state index is -0.0477. The van der Waals surface area contributed by atoms with E-state index in [1.54, 1.807) is 13.3 Å². The molecule has 3 aromatic rings. The molecule has 5 heteroatoms. The number of amides is 1. The van der Waals surface area contributed by atoms with Crippen LogP contribution in [0.2, 0.25) is 0 Å². The monoisotopic (exact) mass is 403 g/mol. The normalized spacial score (nSPS) is 21.2. The van der Waals surface area contributed by atoms with Crippen molar-refractivity contribution in [2.75, 3.05) is 12.4 Å². The van der Waals surface area contributed by atoms with E-state index in [0.29, 0.717) is 23.2 Å². The fourth-order valence-corrected chi connectivity index (χ4v) is 4.38. The molecule has 1 saturated carbocycles. The largest absolute Gasteiger partial charge is 0.495 e. The number of rotatable bonds is 5. The number of pyridine rings is 1. The van der Waals surface area contributed by atoms with E-state index in [1.165, 1.54) is 6.42 Å². The van der Waals surface area contributed by atoms with Gasteiger partial charge in [-0.3, -0.25) is 4.79 Å². The number of carbonyl (C=O) groups excluding carboxylic acids is 1. The summed E-state index contributed by atoms with van der Waals surface area (Å²) >= 11 is 0. The number of benzene rings is 2. The van der Waals surface area contributed by atoms with Gasteiger partial charge in [0, 0.05) is 17.6 Å². The van der Waals surface area contributed by atoms with Crippen LogP contribution >= 0.6 is 0 Å². The summed E-state index contributed by atoms with van der Waals surface area (Å²) < 4.78 is 5.44. The standard InChI is InChI=1S/C25H29N3O2/c1-16-9-8-13-21(17(16)2)28-25(29)20-15-26-24(19-11-5-4-10-18(19)20)27-22-12-6-7-14-23(22)30-3/h4-7,10-12,14-17,21H,8-9,13H2,1-3H3,(H,26,27)(H,28,29). The molecule has 0 spiro atoms. The number of fused-ring (bicyclic) bond motifs is 1. The second-order valence-corrected chi connectivity index (χ2v) is 8.24. The maximum atomic E-state index is 13.2. The lowest BCUT2D eigenvalue weighted by atomic mass is 9.78. The van der Waals surface area contributed by atoms with Gasteiger partial charge in [-0.15, -0.1) is 0 Å². The average Bonchev–Trinajstić information content (AvgIpc) is 2.77. The van der Waals surface area contributed by atoms with Gasteiger partial charge in [0.25, 0.3) is 5.91 Å². The molecular formula is C25H29N3O2. The number of anilines is 2. The van der Waals surface area contributed by atoms with E-state index in [0.717, 1.165) is 35.1 Å². The zero-order chi connectivity index (χ0) is 21.1. The summed E-state index contributed by atoms with van der Waals surface area (Å²) in [6.45, 7) is 4.52. The van der Waals surface area contributed by atoms with E-state index in [9.17, 15) is 4.79 Å². The van der Waals surface area contributed by atoms with Crippen LogP contribution < -0.4 is 15.4 Å². The fourth-order valence-electron chi connectivity index (χ4n) is 4.38. The SMILES string of the molecule is COc1ccccc1Nc1ncc(C(=O)NC2CCCC(C)C2C)c2ccccc12. The predicted octanol–water partition coefficient (Wildman–Crippen LogP) is 5.54. The minimum Gasteiger partial charge on any atom is -0.495 e. The number of para-hydroxylation sites is 2. The maximum Gasteiger partial charge on any atom is 0.253 e. The number of methoxy groups -OCH3 is 1. The number of nitrogens with zero attached hydrogens (tertiary/aromatic N) is 1. The van der Waals surface area contributed by atoms with Gasteiger partial charge in [-0.05, 0) is 35.8 Å². The molecule has 3 atom stereocenters. The zero-order valence-corrected chi connectivity index (χ0v) is 17.8. The first-order valence-corrected chi connectivity index (χ1v) is 10.7. The van der Waals surface area contributed by atoms with Gasteiger partial charge in [0.2, 0.25) is 0 Å². The summed E-state index contributed by atoms with van der Waals surface area (Å²) in [5.41, 5.74) is 1.45. The molecule has 0 saturated heterocycles. The van der Waals surface area contributed by atoms with E-state index < -0.39 is 0 Å². The number of nitrogens with one attached hydrogen (secondary N) is 2. The van der Waals surface area contributed by atoms with Gasteiger partial charge in [-0.2, -0.15) is 0 Å². The summed E-state index contributed by atoms with van der Waals surface area (Å²) in [5, 5.41) is 8.43. The van der Waals surface area contributed by atoms with Crippen LogP contribution in [0.15, 0.2) is 54.7 Å². The van der Waals surface area contributed by atoms with E-state index >= 15 is 0 Å². The first-order valence-electron chi connectivity index (χ1n) is 10.7. The molecule has 2 aromatic carbocycles. The molecule has 1 amide bonds. The van der Waals surface area contributed by atoms with Gasteiger partial charge in [0.05, 0.1) is 18.4 Å². The van der Waals surface area contributed by atoms with E-state index in [2.05, 4.69) is 29.5 Å². The Morgan fingerprint density at radius 2 is 1.77 bits per heavy atom. The molecule has 0 bridgehead atoms. The number of hydrogen-bond acceptors (Lipinski definition) is 4. The molecule has 5 nitrogen and oxygen atoms in total. The van der Waals surface area contributed by atoms with Crippen molar-refractivity contribution < 1.29 is 9.53 Å². The predicted molar refractivity (Wildman–Crippen MR) is 121 cm³/mol. The van der Waals surface area contributed by atoms with E-state index in [4.69, 9.17) is 4.74 Å². The average molecular weight is 404 g/mol. The number of hydrogen-bond donors (Lipinski definition) is 2. The third-order valence-electron chi connectivity index (χ3n) is 6.42. The van der Waals surface area contributed by atoms with Crippen molar-refractivity contribution in [3.05, 3.63) is 60.3 Å². The third kappa shape index (κ3) is 3.97. The highest BCUT2D eigenvalue weighted by molar-refractivity contribution is 6.09. The van der Waals surface area contributed by atoms with Crippen molar-refractivity contribution in [2.24, 2.45) is 11.8 Å². The molecule has 1 fully saturated rings. The molecule has 3 unspecified atom stereocenters. The lowest BCUT2D eigenvalue weighted by Gasteiger charge is -2.34. The zero-order valence-electron chi connectivity index (χ0n) is 17.8. The Kier molecular flexibility index (Phi) is 5.88. The van der Waals surface area contributed by atoms with Crippen LogP contribution in [0, 0.1) is 11.8 Å². The Balaban J connectivity index is 1.64. The molecule has 30 heavy (non-hydrogen) atoms. The van der Waals surface area contributed by atoms with Crippen molar-refractivity contribution in [2.45, 2.75) is 39.2 Å². The Bertz CT molecular complexity index is 1050. The van der Waals surface area contributed by atoms with Crippen molar-refractivity contribution in [3.63, 3.8) is 0 Å². The Morgan fingerprint density at radius 1 is 1.03 bits per heavy atom. The first kappa shape index (κ1) is 20.2. The molecule has 4 rings (SSSR count). The molecule has 2 N–H and O–H groups in total. The van der Waals surface area contributed by atoms with Crippen LogP contribution in [-0.4, -0.2) is 24.0 Å². The second-order valence-electron chi connectivity index (χ2n) is 8.24. The summed E-state index contributed by atoms with van der Waals surface area (Å²) in [4.78, 5) is 17.8. The van der Waals surface area contributed by atoms with Crippen LogP contribution in [0.1, 0.15) is 43.5 Å². The van der Waals surface area contributed by atoms with Crippen LogP contribution in [0.4, 0.5) is 11.5 Å². The van der Waals surface area contributed by atoms with Gasteiger partial charge in [0.15, 0.2) is 0 Å². The Labute approximate surface area is 177 Å². The van der Waals surface area contributed by atoms with Gasteiger partial charge in [-0.25, -0.2) is 4.98 Å². The van der Waals surface area contributed by atoms with Crippen LogP contribution in [0.25, 0.3) is 10.8 Å². The van der Waals surface area contributed by atoms with E-state index in [-0.39, 0.29) is 11.9 Å². The summed E-state index contributed by atoms with van der Waals surface area (Å²) in [7, 11) is 1.65. The van der Waals surface area contributed by atoms with Gasteiger partial charge in [-0.1, -0.05) is 63.1 Å². The van der Waals surface area contributed by atoms with Crippen LogP contribution in [-0.2, 0) is 0 Å². The van der Waals surface area contributed by atoms with Gasteiger partial charge >= 0.3 is 0 Å². The van der Waals surface area contributed by atoms with E-state index in [1.807, 2.05) is 48.5 Å². The second kappa shape index (κ2) is 8.74. The topological polar surface area (TPSA) is 63.2 Å². The maximum absolute atomic E-state index is 13.2. The number of ether oxygens (including phenoxy) is 1. The molecule has 1 aromatic heterocycles. The third-order valence-corrected chi connectivity index (χ3v) is 6.42. The molecule has 0 radical (unpaired) electrons. The van der Waals surface area contributed by atoms with Crippen molar-refractivity contribution >= 4 is 28.2 Å². The Morgan fingerprint density at radius 3 is 2.57 bits per heavy atom. The van der Waals surface area contributed by atoms with Crippen LogP contribution in [0.3, 0.4) is 0 Å². The van der Waals surface area contributed by atoms with Crippen LogP contribution in [0.5, 0.6) is 5.75 Å². The molecule has 156 valence electrons. The minimum absolute atomic E-state index is 0.0477. The van der Waals surface area contributed by atoms with Crippen molar-refractivity contribution in [1.82, 2.24) is 10.3 Å². The smallest absolute Gasteiger partial charge is 0.253 e. The molecule has 1 heterocycles. The lowest BCUT2D eigenvalue weighted by Crippen LogP contribution is -2.43. The summed E-state index contributed by atoms with van der Waals surface area (Å²) in [5.74, 6) is 2.50. The lowest BCUT2D eigenvalue weighted by molar-refractivity contribution is 0.0892. The van der Waals surface area contributed by atoms with Crippen molar-refractivity contribution in [1.29, 1.82) is 0 Å². The van der Waals surface area contributed by atoms with Crippen molar-refractivity contribution in [3.8, 4) is 5.75 Å². The molecule has 0 aliphatic heterocycles. The molecule has 1 aliphatic carbocycles. The molecular weight excluding hydrogens is 374 g/mol.